The fraction of sp³-hybridized carbons (Fsp3) is 0.455. The van der Waals surface area contributed by atoms with Gasteiger partial charge in [-0.3, -0.25) is 4.57 Å². The fourth-order valence-electron chi connectivity index (χ4n) is 1.99. The van der Waals surface area contributed by atoms with E-state index in [0.29, 0.717) is 5.28 Å². The average molecular weight is 256 g/mol. The second-order valence-corrected chi connectivity index (χ2v) is 5.73. The van der Waals surface area contributed by atoms with Crippen LogP contribution in [0.25, 0.3) is 0 Å². The van der Waals surface area contributed by atoms with Gasteiger partial charge in [-0.2, -0.15) is 0 Å². The van der Waals surface area contributed by atoms with E-state index >= 15 is 0 Å². The van der Waals surface area contributed by atoms with Crippen molar-refractivity contribution < 1.29 is 0 Å². The van der Waals surface area contributed by atoms with Crippen LogP contribution in [-0.4, -0.2) is 14.8 Å². The summed E-state index contributed by atoms with van der Waals surface area (Å²) in [5.74, 6) is 0.848. The van der Waals surface area contributed by atoms with E-state index in [1.807, 2.05) is 22.8 Å². The summed E-state index contributed by atoms with van der Waals surface area (Å²) in [4.78, 5) is 2.65. The molecule has 0 aliphatic carbocycles. The van der Waals surface area contributed by atoms with Gasteiger partial charge in [-0.1, -0.05) is 0 Å². The minimum atomic E-state index is 0.187. The van der Waals surface area contributed by atoms with Gasteiger partial charge in [-0.25, -0.2) is 0 Å². The van der Waals surface area contributed by atoms with Crippen LogP contribution in [0.3, 0.4) is 0 Å². The summed E-state index contributed by atoms with van der Waals surface area (Å²) in [5, 5.41) is 8.32. The zero-order valence-corrected chi connectivity index (χ0v) is 11.4. The highest BCUT2D eigenvalue weighted by molar-refractivity contribution is 7.12. The summed E-state index contributed by atoms with van der Waals surface area (Å²) >= 11 is 7.85. The molecule has 0 aromatic carbocycles. The molecule has 0 N–H and O–H groups in total. The van der Waals surface area contributed by atoms with Gasteiger partial charge in [0.15, 0.2) is 0 Å². The predicted octanol–water partition coefficient (Wildman–Crippen LogP) is 3.53. The smallest absolute Gasteiger partial charge is 0.225 e. The minimum Gasteiger partial charge on any atom is -0.295 e. The van der Waals surface area contributed by atoms with Gasteiger partial charge in [-0.05, 0) is 50.9 Å². The number of hydrogen-bond donors (Lipinski definition) is 0. The Bertz CT molecular complexity index is 496. The molecule has 0 bridgehead atoms. The third-order valence-electron chi connectivity index (χ3n) is 2.74. The number of nitrogens with zero attached hydrogens (tertiary/aromatic N) is 3. The molecule has 0 fully saturated rings. The summed E-state index contributed by atoms with van der Waals surface area (Å²) in [6, 6.07) is 2.40. The molecule has 0 amide bonds. The normalized spacial score (nSPS) is 13.1. The van der Waals surface area contributed by atoms with Crippen LogP contribution >= 0.6 is 22.9 Å². The van der Waals surface area contributed by atoms with Crippen LogP contribution < -0.4 is 0 Å². The maximum Gasteiger partial charge on any atom is 0.225 e. The Labute approximate surface area is 104 Å². The third-order valence-corrected chi connectivity index (χ3v) is 3.98. The first-order chi connectivity index (χ1) is 7.50. The molecule has 5 heteroatoms. The molecule has 86 valence electrons. The monoisotopic (exact) mass is 255 g/mol. The molecule has 0 spiro atoms. The van der Waals surface area contributed by atoms with E-state index in [4.69, 9.17) is 11.6 Å². The number of hydrogen-bond acceptors (Lipinski definition) is 3. The standard InChI is InChI=1S/C11H14ClN3S/c1-6-5-10(8(3)16-6)7(2)15-9(4)13-14-11(15)12/h5,7H,1-4H3. The average Bonchev–Trinajstić information content (AvgIpc) is 2.70. The van der Waals surface area contributed by atoms with Gasteiger partial charge in [0, 0.05) is 9.75 Å². The third kappa shape index (κ3) is 1.87. The Hall–Kier alpha value is -0.870. The number of halogens is 1. The molecule has 2 rings (SSSR count). The fourth-order valence-corrected chi connectivity index (χ4v) is 3.31. The van der Waals surface area contributed by atoms with Crippen LogP contribution in [0.2, 0.25) is 5.28 Å². The van der Waals surface area contributed by atoms with Gasteiger partial charge in [0.25, 0.3) is 0 Å². The van der Waals surface area contributed by atoms with E-state index in [1.54, 1.807) is 0 Å². The Morgan fingerprint density at radius 3 is 2.44 bits per heavy atom. The van der Waals surface area contributed by atoms with Crippen molar-refractivity contribution in [2.24, 2.45) is 0 Å². The highest BCUT2D eigenvalue weighted by Crippen LogP contribution is 2.30. The van der Waals surface area contributed by atoms with Crippen molar-refractivity contribution in [3.05, 3.63) is 32.5 Å². The van der Waals surface area contributed by atoms with Crippen molar-refractivity contribution >= 4 is 22.9 Å². The van der Waals surface area contributed by atoms with Crippen LogP contribution in [-0.2, 0) is 0 Å². The lowest BCUT2D eigenvalue weighted by Gasteiger charge is -2.15. The molecule has 0 aliphatic heterocycles. The molecule has 1 atom stereocenters. The Morgan fingerprint density at radius 2 is 2.00 bits per heavy atom. The van der Waals surface area contributed by atoms with E-state index in [9.17, 15) is 0 Å². The maximum absolute atomic E-state index is 6.04. The van der Waals surface area contributed by atoms with E-state index in [0.717, 1.165) is 5.82 Å². The van der Waals surface area contributed by atoms with Crippen molar-refractivity contribution in [2.45, 2.75) is 33.7 Å². The summed E-state index contributed by atoms with van der Waals surface area (Å²) in [6.45, 7) is 8.30. The van der Waals surface area contributed by atoms with Crippen molar-refractivity contribution in [1.29, 1.82) is 0 Å². The number of aryl methyl sites for hydroxylation is 3. The molecule has 0 saturated heterocycles. The molecule has 1 unspecified atom stereocenters. The largest absolute Gasteiger partial charge is 0.295 e. The Morgan fingerprint density at radius 1 is 1.31 bits per heavy atom. The molecule has 0 saturated carbocycles. The van der Waals surface area contributed by atoms with Gasteiger partial charge in [0.2, 0.25) is 5.28 Å². The SMILES string of the molecule is Cc1cc(C(C)n2c(C)nnc2Cl)c(C)s1. The second-order valence-electron chi connectivity index (χ2n) is 3.93. The number of aromatic nitrogens is 3. The molecular formula is C11H14ClN3S. The van der Waals surface area contributed by atoms with E-state index in [2.05, 4.69) is 37.0 Å². The van der Waals surface area contributed by atoms with Crippen molar-refractivity contribution in [2.75, 3.05) is 0 Å². The lowest BCUT2D eigenvalue weighted by atomic mass is 10.1. The van der Waals surface area contributed by atoms with Crippen molar-refractivity contribution in [3.63, 3.8) is 0 Å². The molecule has 2 heterocycles. The van der Waals surface area contributed by atoms with Crippen LogP contribution in [0.4, 0.5) is 0 Å². The molecule has 2 aromatic heterocycles. The van der Waals surface area contributed by atoms with Crippen LogP contribution in [0.5, 0.6) is 0 Å². The molecule has 0 aliphatic rings. The van der Waals surface area contributed by atoms with Crippen LogP contribution in [0.15, 0.2) is 6.07 Å². The van der Waals surface area contributed by atoms with Crippen LogP contribution in [0, 0.1) is 20.8 Å². The predicted molar refractivity (Wildman–Crippen MR) is 67.4 cm³/mol. The van der Waals surface area contributed by atoms with E-state index in [-0.39, 0.29) is 6.04 Å². The highest BCUT2D eigenvalue weighted by atomic mass is 35.5. The summed E-state index contributed by atoms with van der Waals surface area (Å²) in [7, 11) is 0. The first kappa shape index (κ1) is 11.6. The topological polar surface area (TPSA) is 30.7 Å². The van der Waals surface area contributed by atoms with Gasteiger partial charge < -0.3 is 0 Å². The maximum atomic E-state index is 6.04. The van der Waals surface area contributed by atoms with Crippen molar-refractivity contribution in [3.8, 4) is 0 Å². The zero-order chi connectivity index (χ0) is 11.9. The van der Waals surface area contributed by atoms with Gasteiger partial charge >= 0.3 is 0 Å². The molecular weight excluding hydrogens is 242 g/mol. The minimum absolute atomic E-state index is 0.187. The van der Waals surface area contributed by atoms with E-state index in [1.165, 1.54) is 15.3 Å². The van der Waals surface area contributed by atoms with Gasteiger partial charge in [0.05, 0.1) is 6.04 Å². The molecule has 2 aromatic rings. The van der Waals surface area contributed by atoms with Crippen molar-refractivity contribution in [1.82, 2.24) is 14.8 Å². The first-order valence-electron chi connectivity index (χ1n) is 5.14. The number of rotatable bonds is 2. The molecule has 0 radical (unpaired) electrons. The zero-order valence-electron chi connectivity index (χ0n) is 9.78. The Balaban J connectivity index is 2.46. The van der Waals surface area contributed by atoms with E-state index < -0.39 is 0 Å². The lowest BCUT2D eigenvalue weighted by Crippen LogP contribution is -2.09. The van der Waals surface area contributed by atoms with Gasteiger partial charge in [-0.15, -0.1) is 21.5 Å². The summed E-state index contributed by atoms with van der Waals surface area (Å²) < 4.78 is 1.95. The van der Waals surface area contributed by atoms with Gasteiger partial charge in [0.1, 0.15) is 5.82 Å². The van der Waals surface area contributed by atoms with Crippen LogP contribution in [0.1, 0.15) is 34.1 Å². The first-order valence-corrected chi connectivity index (χ1v) is 6.34. The number of thiophene rings is 1. The second kappa shape index (κ2) is 4.18. The lowest BCUT2D eigenvalue weighted by molar-refractivity contribution is 0.618. The highest BCUT2D eigenvalue weighted by Gasteiger charge is 2.18. The summed E-state index contributed by atoms with van der Waals surface area (Å²) in [5.41, 5.74) is 1.30. The molecule has 3 nitrogen and oxygen atoms in total. The molecule has 16 heavy (non-hydrogen) atoms. The quantitative estimate of drug-likeness (QED) is 0.822. The summed E-state index contributed by atoms with van der Waals surface area (Å²) in [6.07, 6.45) is 0. The Kier molecular flexibility index (Phi) is 3.04.